The molecular formula is C48H75ClN10O13. The Morgan fingerprint density at radius 3 is 2.25 bits per heavy atom. The molecular weight excluding hydrogens is 960 g/mol. The molecule has 2 fully saturated rings. The Morgan fingerprint density at radius 1 is 0.958 bits per heavy atom. The van der Waals surface area contributed by atoms with Crippen LogP contribution in [-0.4, -0.2) is 155 Å². The molecule has 0 radical (unpaired) electrons. The number of methoxy groups -OCH3 is 1. The molecule has 11 N–H and O–H groups in total. The van der Waals surface area contributed by atoms with Crippen LogP contribution in [0.5, 0.6) is 5.75 Å². The number of hydrogen-bond acceptors (Lipinski definition) is 13. The highest BCUT2D eigenvalue weighted by Crippen LogP contribution is 2.29. The van der Waals surface area contributed by atoms with Gasteiger partial charge < -0.3 is 67.5 Å². The Morgan fingerprint density at radius 2 is 1.65 bits per heavy atom. The molecule has 3 rings (SSSR count). The number of carboxylic acids is 1. The van der Waals surface area contributed by atoms with Gasteiger partial charge >= 0.3 is 11.9 Å². The van der Waals surface area contributed by atoms with E-state index in [4.69, 9.17) is 32.5 Å². The van der Waals surface area contributed by atoms with Crippen molar-refractivity contribution in [2.45, 2.75) is 173 Å². The summed E-state index contributed by atoms with van der Waals surface area (Å²) in [7, 11) is 2.78. The number of aliphatic carboxylic acids is 1. The molecule has 0 saturated carbocycles. The molecule has 23 nitrogen and oxygen atoms in total. The first-order valence-corrected chi connectivity index (χ1v) is 24.9. The largest absolute Gasteiger partial charge is 0.495 e. The molecule has 7 amide bonds. The van der Waals surface area contributed by atoms with Crippen molar-refractivity contribution in [1.29, 1.82) is 0 Å². The molecule has 24 heteroatoms. The number of piperidine rings is 1. The van der Waals surface area contributed by atoms with Gasteiger partial charge in [-0.3, -0.25) is 43.3 Å². The van der Waals surface area contributed by atoms with Crippen molar-refractivity contribution in [2.24, 2.45) is 28.3 Å². The van der Waals surface area contributed by atoms with Gasteiger partial charge in [0, 0.05) is 32.9 Å². The highest BCUT2D eigenvalue weighted by atomic mass is 35.5. The number of nitrogens with one attached hydrogen (secondary N) is 5. The fourth-order valence-electron chi connectivity index (χ4n) is 8.42. The third kappa shape index (κ3) is 17.2. The molecule has 2 aliphatic rings. The number of rotatable bonds is 20. The van der Waals surface area contributed by atoms with E-state index in [0.717, 1.165) is 16.2 Å². The molecule has 2 saturated heterocycles. The Balaban J connectivity index is 2.27. The number of aliphatic hydroxyl groups is 1. The average Bonchev–Trinajstić information content (AvgIpc) is 3.32. The van der Waals surface area contributed by atoms with Gasteiger partial charge in [-0.1, -0.05) is 71.5 Å². The van der Waals surface area contributed by atoms with Gasteiger partial charge in [-0.25, -0.2) is 4.79 Å². The standard InChI is InChI=1S/C48H75ClN10O13/c1-9-11-12-15-35(60)53-31(18-21-37(62)63)42(65)57-39-27(6)72-47(70)38(25(3)4)56-43(66)33(24-28-16-19-34(71-8)29(49)23-28)58(7)46(69)40(26(5)10-2)59-36(61)20-17-32(45(59)68)55-41(64)30(54-44(39)67)14-13-22-52-48(50)51/h16,19,23,25-27,30-33,36,38-40,61H,9-15,17-18,20-22,24H2,1-8H3,(H,53,60)(H,54,67)(H,55,64)(H,56,66)(H,57,65)(H,62,63)(H4,50,51,52)/t26-,27-,30-,31+,32-,33-,36+,38-,39+,40+/m0/s1. The number of ether oxygens (including phenoxy) is 2. The van der Waals surface area contributed by atoms with Crippen molar-refractivity contribution < 1.29 is 62.8 Å². The Kier molecular flexibility index (Phi) is 24.0. The first kappa shape index (κ1) is 60.1. The summed E-state index contributed by atoms with van der Waals surface area (Å²) in [6.07, 6.45) is -2.06. The summed E-state index contributed by atoms with van der Waals surface area (Å²) in [6, 6.07) is -5.58. The minimum absolute atomic E-state index is 0.00271. The Bertz CT molecular complexity index is 2120. The summed E-state index contributed by atoms with van der Waals surface area (Å²) in [4.78, 5) is 132. The number of amides is 7. The maximum Gasteiger partial charge on any atom is 0.329 e. The number of fused-ring (bicyclic) bond motifs is 2. The molecule has 0 spiro atoms. The monoisotopic (exact) mass is 1030 g/mol. The lowest BCUT2D eigenvalue weighted by Crippen LogP contribution is -2.66. The number of guanidine groups is 1. The smallest absolute Gasteiger partial charge is 0.329 e. The first-order chi connectivity index (χ1) is 33.9. The number of nitrogens with zero attached hydrogens (tertiary/aromatic N) is 3. The highest BCUT2D eigenvalue weighted by molar-refractivity contribution is 6.32. The van der Waals surface area contributed by atoms with Crippen LogP contribution < -0.4 is 42.8 Å². The molecule has 2 aliphatic heterocycles. The van der Waals surface area contributed by atoms with Crippen molar-refractivity contribution in [3.63, 3.8) is 0 Å². The molecule has 402 valence electrons. The molecule has 1 aromatic rings. The van der Waals surface area contributed by atoms with E-state index in [9.17, 15) is 53.4 Å². The predicted molar refractivity (Wildman–Crippen MR) is 265 cm³/mol. The molecule has 10 atom stereocenters. The lowest BCUT2D eigenvalue weighted by atomic mass is 9.91. The van der Waals surface area contributed by atoms with Gasteiger partial charge in [0.05, 0.1) is 12.1 Å². The topological polar surface area (TPSA) is 344 Å². The molecule has 1 aromatic carbocycles. The van der Waals surface area contributed by atoms with Gasteiger partial charge in [-0.15, -0.1) is 0 Å². The van der Waals surface area contributed by atoms with Crippen LogP contribution in [0.15, 0.2) is 23.2 Å². The second-order valence-electron chi connectivity index (χ2n) is 18.7. The van der Waals surface area contributed by atoms with E-state index in [-0.39, 0.29) is 62.5 Å². The number of halogens is 1. The third-order valence-electron chi connectivity index (χ3n) is 12.9. The zero-order valence-electron chi connectivity index (χ0n) is 42.5. The number of likely N-dealkylation sites (N-methyl/N-ethyl adjacent to an activating group) is 1. The minimum atomic E-state index is -1.83. The maximum atomic E-state index is 15.0. The molecule has 0 aliphatic carbocycles. The van der Waals surface area contributed by atoms with Crippen molar-refractivity contribution in [1.82, 2.24) is 36.4 Å². The molecule has 0 aromatic heterocycles. The van der Waals surface area contributed by atoms with Gasteiger partial charge in [0.25, 0.3) is 0 Å². The van der Waals surface area contributed by atoms with Crippen molar-refractivity contribution in [3.8, 4) is 5.75 Å². The lowest BCUT2D eigenvalue weighted by Gasteiger charge is -2.44. The van der Waals surface area contributed by atoms with Gasteiger partial charge in [-0.2, -0.15) is 0 Å². The zero-order chi connectivity index (χ0) is 54.0. The Labute approximate surface area is 425 Å². The second kappa shape index (κ2) is 28.7. The van der Waals surface area contributed by atoms with Crippen LogP contribution in [0.25, 0.3) is 0 Å². The minimum Gasteiger partial charge on any atom is -0.495 e. The second-order valence-corrected chi connectivity index (χ2v) is 19.1. The van der Waals surface area contributed by atoms with Crippen LogP contribution in [-0.2, 0) is 54.3 Å². The summed E-state index contributed by atoms with van der Waals surface area (Å²) in [5.74, 6) is -9.47. The van der Waals surface area contributed by atoms with Gasteiger partial charge in [0.1, 0.15) is 60.4 Å². The first-order valence-electron chi connectivity index (χ1n) is 24.5. The summed E-state index contributed by atoms with van der Waals surface area (Å²) < 4.78 is 11.2. The predicted octanol–water partition coefficient (Wildman–Crippen LogP) is 0.598. The van der Waals surface area contributed by atoms with E-state index in [1.54, 1.807) is 45.9 Å². The summed E-state index contributed by atoms with van der Waals surface area (Å²) in [6.45, 7) is 9.89. The van der Waals surface area contributed by atoms with Crippen LogP contribution in [0.4, 0.5) is 0 Å². The SMILES string of the molecule is CCCCCC(=O)N[C@H](CCC(=O)O)C(=O)N[C@H]1C(=O)N[C@@H](CCCN=C(N)N)C(=O)N[C@H]2CC[C@@H](O)N(C2=O)[C@H]([C@@H](C)CC)C(=O)N(C)[C@@H](Cc2ccc(OC)c(Cl)c2)C(=O)N[C@@H](C(C)C)C(=O)O[C@H]1C. The maximum absolute atomic E-state index is 15.0. The van der Waals surface area contributed by atoms with Gasteiger partial charge in [0.2, 0.25) is 41.4 Å². The number of esters is 1. The van der Waals surface area contributed by atoms with E-state index in [2.05, 4.69) is 31.6 Å². The fraction of sp³-hybridized carbons (Fsp3) is 0.667. The number of benzene rings is 1. The number of aliphatic imine (C=N–C) groups is 1. The van der Waals surface area contributed by atoms with Crippen LogP contribution in [0.2, 0.25) is 5.02 Å². The number of hydrogen-bond donors (Lipinski definition) is 9. The van der Waals surface area contributed by atoms with E-state index in [1.807, 2.05) is 6.92 Å². The van der Waals surface area contributed by atoms with Crippen molar-refractivity contribution >= 4 is 70.8 Å². The molecule has 0 unspecified atom stereocenters. The van der Waals surface area contributed by atoms with Gasteiger partial charge in [0.15, 0.2) is 5.96 Å². The average molecular weight is 1040 g/mol. The van der Waals surface area contributed by atoms with Crippen LogP contribution in [0.1, 0.15) is 118 Å². The van der Waals surface area contributed by atoms with E-state index in [1.165, 1.54) is 21.1 Å². The van der Waals surface area contributed by atoms with Gasteiger partial charge in [-0.05, 0) is 75.0 Å². The molecule has 2 bridgehead atoms. The Hall–Kier alpha value is -6.23. The molecule has 72 heavy (non-hydrogen) atoms. The van der Waals surface area contributed by atoms with Crippen LogP contribution in [0, 0.1) is 11.8 Å². The summed E-state index contributed by atoms with van der Waals surface area (Å²) in [5.41, 5.74) is 11.5. The van der Waals surface area contributed by atoms with E-state index in [0.29, 0.717) is 30.6 Å². The molecule has 2 heterocycles. The number of carbonyl (C=O) groups excluding carboxylic acids is 8. The number of cyclic esters (lactones) is 1. The quantitative estimate of drug-likeness (QED) is 0.0374. The number of aliphatic hydroxyl groups excluding tert-OH is 1. The number of nitrogens with two attached hydrogens (primary N) is 2. The third-order valence-corrected chi connectivity index (χ3v) is 13.2. The van der Waals surface area contributed by atoms with Crippen LogP contribution in [0.3, 0.4) is 0 Å². The number of carbonyl (C=O) groups is 9. The van der Waals surface area contributed by atoms with Crippen molar-refractivity contribution in [3.05, 3.63) is 28.8 Å². The normalized spacial score (nSPS) is 24.5. The summed E-state index contributed by atoms with van der Waals surface area (Å²) >= 11 is 6.49. The van der Waals surface area contributed by atoms with Crippen LogP contribution >= 0.6 is 11.6 Å². The lowest BCUT2D eigenvalue weighted by molar-refractivity contribution is -0.168. The van der Waals surface area contributed by atoms with E-state index < -0.39 is 126 Å². The number of carboxylic acid groups (broad SMARTS) is 1. The number of unbranched alkanes of at least 4 members (excludes halogenated alkanes) is 2. The fourth-order valence-corrected chi connectivity index (χ4v) is 8.70. The highest BCUT2D eigenvalue weighted by Gasteiger charge is 2.47. The van der Waals surface area contributed by atoms with Crippen molar-refractivity contribution in [2.75, 3.05) is 20.7 Å². The summed E-state index contributed by atoms with van der Waals surface area (Å²) in [5, 5.41) is 34.2. The van der Waals surface area contributed by atoms with E-state index >= 15 is 0 Å². The zero-order valence-corrected chi connectivity index (χ0v) is 43.3.